The molecular formula is C10H20O5. The molecule has 1 saturated heterocycles. The molecule has 1 aliphatic heterocycles. The zero-order chi connectivity index (χ0) is 11.3. The molecule has 0 unspecified atom stereocenters. The molecule has 0 amide bonds. The summed E-state index contributed by atoms with van der Waals surface area (Å²) in [5.41, 5.74) is 0. The van der Waals surface area contributed by atoms with Gasteiger partial charge in [-0.2, -0.15) is 0 Å². The Bertz CT molecular complexity index is 175. The molecule has 0 saturated carbocycles. The normalized spacial score (nSPS) is 36.0. The maximum Gasteiger partial charge on any atom is 0.186 e. The number of aliphatic hydroxyl groups is 3. The Kier molecular flexibility index (Phi) is 5.49. The quantitative estimate of drug-likeness (QED) is 0.532. The maximum atomic E-state index is 9.50. The first-order chi connectivity index (χ1) is 7.20. The molecule has 0 radical (unpaired) electrons. The van der Waals surface area contributed by atoms with Crippen molar-refractivity contribution in [2.45, 2.75) is 50.8 Å². The average molecular weight is 220 g/mol. The average Bonchev–Trinajstić information content (AvgIpc) is 2.52. The predicted octanol–water partition coefficient (Wildman–Crippen LogP) is -0.368. The largest absolute Gasteiger partial charge is 0.394 e. The molecule has 0 spiro atoms. The Morgan fingerprint density at radius 3 is 2.47 bits per heavy atom. The van der Waals surface area contributed by atoms with E-state index in [1.807, 2.05) is 0 Å². The number of unbranched alkanes of at least 4 members (excludes halogenated alkanes) is 2. The minimum atomic E-state index is -1.07. The first-order valence-corrected chi connectivity index (χ1v) is 5.44. The third-order valence-corrected chi connectivity index (χ3v) is 2.53. The Labute approximate surface area is 89.6 Å². The van der Waals surface area contributed by atoms with Gasteiger partial charge in [0.25, 0.3) is 0 Å². The van der Waals surface area contributed by atoms with E-state index >= 15 is 0 Å². The van der Waals surface area contributed by atoms with Gasteiger partial charge in [0.2, 0.25) is 0 Å². The van der Waals surface area contributed by atoms with Crippen LogP contribution < -0.4 is 0 Å². The number of hydrogen-bond donors (Lipinski definition) is 3. The molecule has 0 bridgehead atoms. The van der Waals surface area contributed by atoms with Gasteiger partial charge in [-0.05, 0) is 6.42 Å². The molecule has 0 aromatic heterocycles. The zero-order valence-electron chi connectivity index (χ0n) is 9.00. The van der Waals surface area contributed by atoms with Gasteiger partial charge >= 0.3 is 0 Å². The van der Waals surface area contributed by atoms with Crippen molar-refractivity contribution in [2.24, 2.45) is 0 Å². The van der Waals surface area contributed by atoms with Gasteiger partial charge in [0.05, 0.1) is 6.61 Å². The van der Waals surface area contributed by atoms with Gasteiger partial charge in [0.15, 0.2) is 6.29 Å². The third kappa shape index (κ3) is 3.39. The van der Waals surface area contributed by atoms with E-state index in [0.29, 0.717) is 6.61 Å². The van der Waals surface area contributed by atoms with E-state index in [0.717, 1.165) is 19.3 Å². The van der Waals surface area contributed by atoms with Crippen molar-refractivity contribution in [3.05, 3.63) is 0 Å². The van der Waals surface area contributed by atoms with E-state index in [4.69, 9.17) is 14.6 Å². The van der Waals surface area contributed by atoms with E-state index in [9.17, 15) is 10.2 Å². The topological polar surface area (TPSA) is 79.2 Å². The molecule has 0 aromatic carbocycles. The summed E-state index contributed by atoms with van der Waals surface area (Å²) in [6.07, 6.45) is -0.614. The summed E-state index contributed by atoms with van der Waals surface area (Å²) in [5.74, 6) is 0. The minimum Gasteiger partial charge on any atom is -0.394 e. The van der Waals surface area contributed by atoms with Crippen LogP contribution in [0.3, 0.4) is 0 Å². The second kappa shape index (κ2) is 6.40. The summed E-state index contributed by atoms with van der Waals surface area (Å²) in [5, 5.41) is 27.7. The molecule has 15 heavy (non-hydrogen) atoms. The van der Waals surface area contributed by atoms with Gasteiger partial charge in [0, 0.05) is 6.61 Å². The van der Waals surface area contributed by atoms with Crippen LogP contribution in [0, 0.1) is 0 Å². The summed E-state index contributed by atoms with van der Waals surface area (Å²) in [4.78, 5) is 0. The molecular weight excluding hydrogens is 200 g/mol. The van der Waals surface area contributed by atoms with Crippen molar-refractivity contribution >= 4 is 0 Å². The Balaban J connectivity index is 2.25. The van der Waals surface area contributed by atoms with Crippen LogP contribution in [0.2, 0.25) is 0 Å². The fraction of sp³-hybridized carbons (Fsp3) is 1.00. The molecule has 4 atom stereocenters. The maximum absolute atomic E-state index is 9.50. The highest BCUT2D eigenvalue weighted by atomic mass is 16.7. The van der Waals surface area contributed by atoms with Crippen molar-refractivity contribution in [3.63, 3.8) is 0 Å². The van der Waals surface area contributed by atoms with Gasteiger partial charge in [0.1, 0.15) is 18.3 Å². The first-order valence-electron chi connectivity index (χ1n) is 5.44. The van der Waals surface area contributed by atoms with E-state index in [1.54, 1.807) is 0 Å². The standard InChI is InChI=1S/C10H20O5/c1-2-3-4-5-14-10-9(13)8(12)7(6-11)15-10/h7-13H,2-6H2,1H3/t7-,8-,9+,10+/m1/s1. The first kappa shape index (κ1) is 12.9. The molecule has 0 aromatic rings. The van der Waals surface area contributed by atoms with Crippen LogP contribution in [0.4, 0.5) is 0 Å². The third-order valence-electron chi connectivity index (χ3n) is 2.53. The Morgan fingerprint density at radius 2 is 1.93 bits per heavy atom. The summed E-state index contributed by atoms with van der Waals surface area (Å²) < 4.78 is 10.4. The molecule has 5 nitrogen and oxygen atoms in total. The smallest absolute Gasteiger partial charge is 0.186 e. The lowest BCUT2D eigenvalue weighted by molar-refractivity contribution is -0.169. The monoisotopic (exact) mass is 220 g/mol. The van der Waals surface area contributed by atoms with Crippen LogP contribution in [0.1, 0.15) is 26.2 Å². The van der Waals surface area contributed by atoms with Gasteiger partial charge in [-0.1, -0.05) is 19.8 Å². The number of rotatable bonds is 6. The van der Waals surface area contributed by atoms with Crippen molar-refractivity contribution in [2.75, 3.05) is 13.2 Å². The molecule has 3 N–H and O–H groups in total. The Hall–Kier alpha value is -0.200. The lowest BCUT2D eigenvalue weighted by Gasteiger charge is -2.15. The van der Waals surface area contributed by atoms with Crippen molar-refractivity contribution in [1.82, 2.24) is 0 Å². The molecule has 5 heteroatoms. The van der Waals surface area contributed by atoms with Gasteiger partial charge in [-0.15, -0.1) is 0 Å². The molecule has 1 fully saturated rings. The Morgan fingerprint density at radius 1 is 1.20 bits per heavy atom. The minimum absolute atomic E-state index is 0.312. The molecule has 1 rings (SSSR count). The van der Waals surface area contributed by atoms with Gasteiger partial charge < -0.3 is 24.8 Å². The van der Waals surface area contributed by atoms with Crippen LogP contribution in [-0.2, 0) is 9.47 Å². The van der Waals surface area contributed by atoms with E-state index < -0.39 is 24.6 Å². The highest BCUT2D eigenvalue weighted by Crippen LogP contribution is 2.22. The summed E-state index contributed by atoms with van der Waals surface area (Å²) in [6.45, 7) is 2.28. The SMILES string of the molecule is CCCCCO[C@H]1O[C@H](CO)[C@@H](O)[C@@H]1O. The highest BCUT2D eigenvalue weighted by molar-refractivity contribution is 4.86. The molecule has 90 valence electrons. The van der Waals surface area contributed by atoms with Crippen molar-refractivity contribution in [1.29, 1.82) is 0 Å². The zero-order valence-corrected chi connectivity index (χ0v) is 9.00. The van der Waals surface area contributed by atoms with Crippen LogP contribution in [0.15, 0.2) is 0 Å². The van der Waals surface area contributed by atoms with E-state index in [2.05, 4.69) is 6.92 Å². The highest BCUT2D eigenvalue weighted by Gasteiger charge is 2.42. The fourth-order valence-corrected chi connectivity index (χ4v) is 1.55. The second-order valence-electron chi connectivity index (χ2n) is 3.78. The number of aliphatic hydroxyl groups excluding tert-OH is 3. The number of ether oxygens (including phenoxy) is 2. The predicted molar refractivity (Wildman–Crippen MR) is 53.2 cm³/mol. The van der Waals surface area contributed by atoms with Crippen LogP contribution in [-0.4, -0.2) is 53.1 Å². The second-order valence-corrected chi connectivity index (χ2v) is 3.78. The molecule has 1 aliphatic rings. The molecule has 0 aliphatic carbocycles. The summed E-state index contributed by atoms with van der Waals surface area (Å²) in [7, 11) is 0. The van der Waals surface area contributed by atoms with E-state index in [-0.39, 0.29) is 6.61 Å². The fourth-order valence-electron chi connectivity index (χ4n) is 1.55. The summed E-state index contributed by atoms with van der Waals surface area (Å²) >= 11 is 0. The van der Waals surface area contributed by atoms with Crippen molar-refractivity contribution in [3.8, 4) is 0 Å². The molecule has 1 heterocycles. The lowest BCUT2D eigenvalue weighted by Crippen LogP contribution is -2.34. The van der Waals surface area contributed by atoms with Crippen LogP contribution >= 0.6 is 0 Å². The lowest BCUT2D eigenvalue weighted by atomic mass is 10.1. The summed E-state index contributed by atoms with van der Waals surface area (Å²) in [6, 6.07) is 0. The van der Waals surface area contributed by atoms with E-state index in [1.165, 1.54) is 0 Å². The van der Waals surface area contributed by atoms with Crippen LogP contribution in [0.5, 0.6) is 0 Å². The van der Waals surface area contributed by atoms with Gasteiger partial charge in [-0.3, -0.25) is 0 Å². The van der Waals surface area contributed by atoms with Gasteiger partial charge in [-0.25, -0.2) is 0 Å². The van der Waals surface area contributed by atoms with Crippen molar-refractivity contribution < 1.29 is 24.8 Å². The van der Waals surface area contributed by atoms with Crippen LogP contribution in [0.25, 0.3) is 0 Å². The number of hydrogen-bond acceptors (Lipinski definition) is 5.